The van der Waals surface area contributed by atoms with E-state index < -0.39 is 53.7 Å². The average molecular weight is 702 g/mol. The zero-order chi connectivity index (χ0) is 36.9. The van der Waals surface area contributed by atoms with Gasteiger partial charge in [-0.15, -0.1) is 0 Å². The molecule has 51 heavy (non-hydrogen) atoms. The highest BCUT2D eigenvalue weighted by Gasteiger charge is 2.31. The Hall–Kier alpha value is -6.39. The number of para-hydroxylation sites is 1. The third-order valence-electron chi connectivity index (χ3n) is 8.02. The molecule has 2 heterocycles. The van der Waals surface area contributed by atoms with Crippen LogP contribution in [-0.4, -0.2) is 86.3 Å². The number of carbonyl (C=O) groups is 5. The van der Waals surface area contributed by atoms with Crippen molar-refractivity contribution in [2.45, 2.75) is 63.2 Å². The number of phenols is 1. The zero-order valence-electron chi connectivity index (χ0n) is 28.0. The van der Waals surface area contributed by atoms with Gasteiger partial charge in [-0.05, 0) is 42.2 Å². The van der Waals surface area contributed by atoms with Crippen molar-refractivity contribution in [1.82, 2.24) is 36.2 Å². The number of primary amides is 1. The van der Waals surface area contributed by atoms with Gasteiger partial charge in [-0.3, -0.25) is 29.0 Å². The number of aromatic hydroxyl groups is 1. The van der Waals surface area contributed by atoms with Gasteiger partial charge in [0, 0.05) is 61.7 Å². The van der Waals surface area contributed by atoms with E-state index >= 15 is 0 Å². The van der Waals surface area contributed by atoms with Crippen LogP contribution in [0.3, 0.4) is 0 Å². The van der Waals surface area contributed by atoms with Gasteiger partial charge >= 0.3 is 0 Å². The summed E-state index contributed by atoms with van der Waals surface area (Å²) in [4.78, 5) is 79.7. The number of benzene rings is 2. The number of imidazole rings is 1. The number of carbonyl (C=O) groups excluding carboxylic acids is 5. The molecule has 17 heteroatoms. The topological polar surface area (TPSA) is 289 Å². The molecular weight excluding hydrogens is 658 g/mol. The number of nitrogens with zero attached hydrogens (tertiary/aromatic N) is 2. The summed E-state index contributed by atoms with van der Waals surface area (Å²) < 4.78 is 0. The Morgan fingerprint density at radius 2 is 1.45 bits per heavy atom. The first kappa shape index (κ1) is 37.4. The molecule has 0 bridgehead atoms. The van der Waals surface area contributed by atoms with Crippen molar-refractivity contribution in [2.75, 3.05) is 6.54 Å². The van der Waals surface area contributed by atoms with Crippen molar-refractivity contribution in [3.05, 3.63) is 84.1 Å². The van der Waals surface area contributed by atoms with E-state index in [4.69, 9.17) is 17.2 Å². The molecule has 270 valence electrons. The van der Waals surface area contributed by atoms with Crippen LogP contribution in [0.2, 0.25) is 0 Å². The monoisotopic (exact) mass is 701 g/mol. The second-order valence-corrected chi connectivity index (χ2v) is 12.0. The number of aromatic amines is 2. The molecule has 13 N–H and O–H groups in total. The van der Waals surface area contributed by atoms with Gasteiger partial charge in [0.25, 0.3) is 0 Å². The normalized spacial score (nSPS) is 13.3. The van der Waals surface area contributed by atoms with E-state index in [1.165, 1.54) is 31.6 Å². The minimum atomic E-state index is -1.24. The fourth-order valence-electron chi connectivity index (χ4n) is 5.48. The molecule has 0 fully saturated rings. The summed E-state index contributed by atoms with van der Waals surface area (Å²) in [7, 11) is 0. The van der Waals surface area contributed by atoms with Gasteiger partial charge in [-0.2, -0.15) is 0 Å². The second-order valence-electron chi connectivity index (χ2n) is 12.0. The van der Waals surface area contributed by atoms with Gasteiger partial charge in [0.2, 0.25) is 29.5 Å². The molecule has 17 nitrogen and oxygen atoms in total. The lowest BCUT2D eigenvalue weighted by Crippen LogP contribution is -2.59. The Balaban J connectivity index is 1.57. The summed E-state index contributed by atoms with van der Waals surface area (Å²) in [6, 6.07) is 8.86. The molecule has 2 aromatic carbocycles. The minimum absolute atomic E-state index is 0.00298. The van der Waals surface area contributed by atoms with Gasteiger partial charge in [-0.25, -0.2) is 4.98 Å². The summed E-state index contributed by atoms with van der Waals surface area (Å²) in [5.74, 6) is -3.48. The average Bonchev–Trinajstić information content (AvgIpc) is 3.75. The quantitative estimate of drug-likeness (QED) is 0.0350. The molecule has 4 atom stereocenters. The number of nitrogens with two attached hydrogens (primary N) is 3. The molecule has 2 aromatic heterocycles. The van der Waals surface area contributed by atoms with Crippen LogP contribution in [0.4, 0.5) is 0 Å². The van der Waals surface area contributed by atoms with Crippen LogP contribution in [0.25, 0.3) is 10.9 Å². The van der Waals surface area contributed by atoms with Crippen LogP contribution in [-0.2, 0) is 43.2 Å². The lowest BCUT2D eigenvalue weighted by Gasteiger charge is -2.26. The predicted molar refractivity (Wildman–Crippen MR) is 189 cm³/mol. The fraction of sp³-hybridized carbons (Fsp3) is 0.324. The van der Waals surface area contributed by atoms with Crippen LogP contribution >= 0.6 is 0 Å². The Morgan fingerprint density at radius 1 is 0.804 bits per heavy atom. The van der Waals surface area contributed by atoms with E-state index in [0.29, 0.717) is 11.3 Å². The van der Waals surface area contributed by atoms with Crippen molar-refractivity contribution >= 4 is 46.4 Å². The summed E-state index contributed by atoms with van der Waals surface area (Å²) in [6.07, 6.45) is 5.09. The Bertz CT molecular complexity index is 1830. The number of phenolic OH excluding ortho intramolecular Hbond substituents is 1. The van der Waals surface area contributed by atoms with Gasteiger partial charge in [0.15, 0.2) is 5.96 Å². The van der Waals surface area contributed by atoms with Gasteiger partial charge in [0.05, 0.1) is 6.33 Å². The van der Waals surface area contributed by atoms with E-state index in [2.05, 4.69) is 41.2 Å². The molecule has 0 unspecified atom stereocenters. The van der Waals surface area contributed by atoms with Crippen molar-refractivity contribution in [2.24, 2.45) is 22.2 Å². The van der Waals surface area contributed by atoms with Gasteiger partial charge in [-0.1, -0.05) is 30.3 Å². The number of aromatic nitrogens is 3. The number of nitrogens with one attached hydrogen (secondary N) is 6. The fourth-order valence-corrected chi connectivity index (χ4v) is 5.48. The molecule has 4 aromatic rings. The standard InChI is InChI=1S/C34H43N11O6/c1-19(46)42-29(15-22-17-38-18-41-22)33(51)45-28(13-20-8-10-23(47)11-9-20)32(50)43-26(7-4-12-39-34(36)37)31(49)44-27(30(35)48)14-21-16-40-25-6-3-2-5-24(21)25/h2-3,5-6,8-11,16-18,26-29,40,47H,4,7,12-15H2,1H3,(H2,35,48)(H,38,41)(H,42,46)(H,43,50)(H,44,49)(H,45,51)(H4,36,37,39)/t26-,27-,28-,29-/m0/s1. The van der Waals surface area contributed by atoms with Crippen LogP contribution in [0.5, 0.6) is 5.75 Å². The van der Waals surface area contributed by atoms with E-state index in [1.807, 2.05) is 24.3 Å². The first-order chi connectivity index (χ1) is 24.4. The molecule has 0 radical (unpaired) electrons. The van der Waals surface area contributed by atoms with Crippen LogP contribution in [0, 0.1) is 0 Å². The molecule has 0 saturated carbocycles. The number of rotatable bonds is 18. The van der Waals surface area contributed by atoms with E-state index in [1.54, 1.807) is 18.3 Å². The highest BCUT2D eigenvalue weighted by molar-refractivity contribution is 5.96. The van der Waals surface area contributed by atoms with Crippen LogP contribution in [0.1, 0.15) is 36.6 Å². The smallest absolute Gasteiger partial charge is 0.243 e. The van der Waals surface area contributed by atoms with Crippen LogP contribution < -0.4 is 38.5 Å². The highest BCUT2D eigenvalue weighted by atomic mass is 16.3. The molecule has 4 rings (SSSR count). The highest BCUT2D eigenvalue weighted by Crippen LogP contribution is 2.19. The Labute approximate surface area is 293 Å². The molecule has 0 aliphatic rings. The van der Waals surface area contributed by atoms with E-state index in [-0.39, 0.29) is 50.4 Å². The molecule has 0 aliphatic heterocycles. The minimum Gasteiger partial charge on any atom is -0.508 e. The molecule has 0 aliphatic carbocycles. The molecule has 0 spiro atoms. The summed E-state index contributed by atoms with van der Waals surface area (Å²) in [5.41, 5.74) is 19.4. The zero-order valence-corrected chi connectivity index (χ0v) is 28.0. The van der Waals surface area contributed by atoms with E-state index in [9.17, 15) is 29.1 Å². The SMILES string of the molecule is CC(=O)N[C@@H](Cc1cnc[nH]1)C(=O)N[C@@H](Cc1ccc(O)cc1)C(=O)N[C@@H](CCCN=C(N)N)C(=O)N[C@@H](Cc1c[nH]c2ccccc12)C(N)=O. The Kier molecular flexibility index (Phi) is 13.1. The third-order valence-corrected chi connectivity index (χ3v) is 8.02. The molecule has 0 saturated heterocycles. The summed E-state index contributed by atoms with van der Waals surface area (Å²) in [6.45, 7) is 1.41. The number of guanidine groups is 1. The molecular formula is C34H43N11O6. The second kappa shape index (κ2) is 17.8. The maximum absolute atomic E-state index is 14.0. The number of amides is 5. The first-order valence-electron chi connectivity index (χ1n) is 16.2. The van der Waals surface area contributed by atoms with Crippen molar-refractivity contribution < 1.29 is 29.1 Å². The number of hydrogen-bond acceptors (Lipinski definition) is 8. The third kappa shape index (κ3) is 11.3. The van der Waals surface area contributed by atoms with Crippen LogP contribution in [0.15, 0.2) is 72.2 Å². The largest absolute Gasteiger partial charge is 0.508 e. The van der Waals surface area contributed by atoms with Crippen molar-refractivity contribution in [3.63, 3.8) is 0 Å². The number of fused-ring (bicyclic) bond motifs is 1. The summed E-state index contributed by atoms with van der Waals surface area (Å²) >= 11 is 0. The maximum Gasteiger partial charge on any atom is 0.243 e. The van der Waals surface area contributed by atoms with E-state index in [0.717, 1.165) is 16.5 Å². The summed E-state index contributed by atoms with van der Waals surface area (Å²) in [5, 5.41) is 21.3. The maximum atomic E-state index is 14.0. The number of hydrogen-bond donors (Lipinski definition) is 10. The molecule has 5 amide bonds. The first-order valence-corrected chi connectivity index (χ1v) is 16.2. The van der Waals surface area contributed by atoms with Crippen molar-refractivity contribution in [1.29, 1.82) is 0 Å². The lowest BCUT2D eigenvalue weighted by molar-refractivity contribution is -0.134. The van der Waals surface area contributed by atoms with Gasteiger partial charge in [0.1, 0.15) is 29.9 Å². The van der Waals surface area contributed by atoms with Crippen molar-refractivity contribution in [3.8, 4) is 5.75 Å². The lowest BCUT2D eigenvalue weighted by atomic mass is 10.0. The number of aliphatic imine (C=N–C) groups is 1. The Morgan fingerprint density at radius 3 is 2.10 bits per heavy atom. The number of H-pyrrole nitrogens is 2. The predicted octanol–water partition coefficient (Wildman–Crippen LogP) is -0.877. The van der Waals surface area contributed by atoms with Gasteiger partial charge < -0.3 is 53.5 Å².